The van der Waals surface area contributed by atoms with Gasteiger partial charge in [-0.25, -0.2) is 5.43 Å². The van der Waals surface area contributed by atoms with E-state index < -0.39 is 36.1 Å². The highest BCUT2D eigenvalue weighted by Crippen LogP contribution is 2.34. The predicted octanol–water partition coefficient (Wildman–Crippen LogP) is 3.50. The summed E-state index contributed by atoms with van der Waals surface area (Å²) in [5, 5.41) is 8.40. The van der Waals surface area contributed by atoms with E-state index in [1.165, 1.54) is 30.5 Å². The molecule has 0 saturated heterocycles. The van der Waals surface area contributed by atoms with Crippen molar-refractivity contribution in [2.45, 2.75) is 39.5 Å². The monoisotopic (exact) mass is 552 g/mol. The number of ether oxygens (including phenoxy) is 3. The molecule has 0 radical (unpaired) electrons. The lowest BCUT2D eigenvalue weighted by molar-refractivity contribution is -0.139. The van der Waals surface area contributed by atoms with E-state index in [9.17, 15) is 27.6 Å². The van der Waals surface area contributed by atoms with Crippen molar-refractivity contribution in [3.8, 4) is 11.5 Å². The number of carbonyl (C=O) groups excluding carboxylic acids is 3. The summed E-state index contributed by atoms with van der Waals surface area (Å²) in [5.41, 5.74) is 1.23. The summed E-state index contributed by atoms with van der Waals surface area (Å²) in [6.07, 6.45) is -2.72. The lowest BCUT2D eigenvalue weighted by Gasteiger charge is -2.15. The third kappa shape index (κ3) is 11.0. The molecule has 0 heterocycles. The fraction of sp³-hybridized carbons (Fsp3) is 0.385. The molecule has 212 valence electrons. The van der Waals surface area contributed by atoms with Crippen molar-refractivity contribution < 1.29 is 41.8 Å². The van der Waals surface area contributed by atoms with Crippen LogP contribution in [0.2, 0.25) is 0 Å². The molecule has 0 aliphatic carbocycles. The van der Waals surface area contributed by atoms with Crippen LogP contribution in [0.4, 0.5) is 18.9 Å². The van der Waals surface area contributed by atoms with Gasteiger partial charge in [-0.05, 0) is 63.1 Å². The highest BCUT2D eigenvalue weighted by molar-refractivity contribution is 6.35. The molecule has 0 saturated carbocycles. The van der Waals surface area contributed by atoms with Crippen LogP contribution in [0.1, 0.15) is 38.3 Å². The zero-order chi connectivity index (χ0) is 28.8. The number of hydrogen-bond acceptors (Lipinski definition) is 7. The Kier molecular flexibility index (Phi) is 12.2. The number of alkyl halides is 3. The summed E-state index contributed by atoms with van der Waals surface area (Å²) in [6, 6.07) is 9.13. The Labute approximate surface area is 223 Å². The molecule has 2 rings (SSSR count). The molecule has 0 atom stereocenters. The minimum Gasteiger partial charge on any atom is -0.490 e. The Hall–Kier alpha value is -4.13. The molecular formula is C26H31F3N4O6. The van der Waals surface area contributed by atoms with Gasteiger partial charge in [0.15, 0.2) is 18.1 Å². The smallest absolute Gasteiger partial charge is 0.418 e. The number of hydrogen-bond donors (Lipinski definition) is 3. The van der Waals surface area contributed by atoms with Crippen molar-refractivity contribution in [1.82, 2.24) is 10.7 Å². The number of halogens is 3. The van der Waals surface area contributed by atoms with Crippen LogP contribution >= 0.6 is 0 Å². The maximum Gasteiger partial charge on any atom is 0.418 e. The lowest BCUT2D eigenvalue weighted by Crippen LogP contribution is -2.38. The second-order valence-corrected chi connectivity index (χ2v) is 8.25. The number of amides is 3. The highest BCUT2D eigenvalue weighted by atomic mass is 19.4. The maximum atomic E-state index is 13.1. The quantitative estimate of drug-likeness (QED) is 0.151. The highest BCUT2D eigenvalue weighted by Gasteiger charge is 2.33. The number of anilines is 1. The zero-order valence-corrected chi connectivity index (χ0v) is 21.8. The molecule has 10 nitrogen and oxygen atoms in total. The standard InChI is InChI=1S/C26H31F3N4O6/c1-4-37-22-14-18(15-31-33-25(36)24(35)30-12-7-13-38-17(2)3)10-11-21(22)39-16-23(34)32-20-9-6-5-8-19(20)26(27,28)29/h5-6,8-11,14-15,17H,4,7,12-13,16H2,1-3H3,(H,30,35)(H,32,34)(H,33,36)/b31-15-. The first-order valence-electron chi connectivity index (χ1n) is 12.1. The topological polar surface area (TPSA) is 127 Å². The van der Waals surface area contributed by atoms with Gasteiger partial charge < -0.3 is 24.8 Å². The van der Waals surface area contributed by atoms with Crippen LogP contribution in [0.5, 0.6) is 11.5 Å². The molecular weight excluding hydrogens is 521 g/mol. The number of para-hydroxylation sites is 1. The Bertz CT molecular complexity index is 1150. The molecule has 13 heteroatoms. The summed E-state index contributed by atoms with van der Waals surface area (Å²) < 4.78 is 55.7. The van der Waals surface area contributed by atoms with Crippen LogP contribution in [-0.4, -0.2) is 56.4 Å². The number of nitrogens with one attached hydrogen (secondary N) is 3. The minimum atomic E-state index is -4.63. The van der Waals surface area contributed by atoms with Gasteiger partial charge in [0.25, 0.3) is 5.91 Å². The van der Waals surface area contributed by atoms with Crippen molar-refractivity contribution in [2.24, 2.45) is 5.10 Å². The van der Waals surface area contributed by atoms with E-state index >= 15 is 0 Å². The Morgan fingerprint density at radius 2 is 1.77 bits per heavy atom. The number of hydrazone groups is 1. The first kappa shape index (κ1) is 31.1. The van der Waals surface area contributed by atoms with Gasteiger partial charge in [0.05, 0.1) is 30.2 Å². The van der Waals surface area contributed by atoms with Crippen LogP contribution in [-0.2, 0) is 25.3 Å². The molecule has 0 aromatic heterocycles. The molecule has 0 aliphatic rings. The third-order valence-electron chi connectivity index (χ3n) is 4.78. The molecule has 0 aliphatic heterocycles. The van der Waals surface area contributed by atoms with Crippen LogP contribution in [0.3, 0.4) is 0 Å². The van der Waals surface area contributed by atoms with E-state index in [1.807, 2.05) is 13.8 Å². The van der Waals surface area contributed by atoms with Crippen molar-refractivity contribution in [3.63, 3.8) is 0 Å². The molecule has 0 fully saturated rings. The van der Waals surface area contributed by atoms with E-state index in [2.05, 4.69) is 21.2 Å². The molecule has 0 spiro atoms. The number of benzene rings is 2. The van der Waals surface area contributed by atoms with Crippen LogP contribution in [0, 0.1) is 0 Å². The summed E-state index contributed by atoms with van der Waals surface area (Å²) >= 11 is 0. The van der Waals surface area contributed by atoms with Gasteiger partial charge in [0.1, 0.15) is 0 Å². The van der Waals surface area contributed by atoms with Crippen LogP contribution in [0.15, 0.2) is 47.6 Å². The summed E-state index contributed by atoms with van der Waals surface area (Å²) in [4.78, 5) is 35.9. The second-order valence-electron chi connectivity index (χ2n) is 8.25. The van der Waals surface area contributed by atoms with Crippen molar-refractivity contribution in [1.29, 1.82) is 0 Å². The van der Waals surface area contributed by atoms with Crippen LogP contribution in [0.25, 0.3) is 0 Å². The molecule has 0 unspecified atom stereocenters. The lowest BCUT2D eigenvalue weighted by atomic mass is 10.1. The molecule has 3 N–H and O–H groups in total. The van der Waals surface area contributed by atoms with Gasteiger partial charge in [-0.3, -0.25) is 14.4 Å². The van der Waals surface area contributed by atoms with E-state index in [1.54, 1.807) is 13.0 Å². The molecule has 2 aromatic rings. The normalized spacial score (nSPS) is 11.4. The van der Waals surface area contributed by atoms with Crippen LogP contribution < -0.4 is 25.5 Å². The molecule has 3 amide bonds. The van der Waals surface area contributed by atoms with Gasteiger partial charge in [0.2, 0.25) is 0 Å². The van der Waals surface area contributed by atoms with E-state index in [0.29, 0.717) is 18.6 Å². The Morgan fingerprint density at radius 3 is 2.46 bits per heavy atom. The zero-order valence-electron chi connectivity index (χ0n) is 21.8. The SMILES string of the molecule is CCOc1cc(/C=N\NC(=O)C(=O)NCCCOC(C)C)ccc1OCC(=O)Nc1ccccc1C(F)(F)F. The van der Waals surface area contributed by atoms with E-state index in [-0.39, 0.29) is 36.4 Å². The fourth-order valence-corrected chi connectivity index (χ4v) is 3.05. The van der Waals surface area contributed by atoms with Crippen molar-refractivity contribution in [2.75, 3.05) is 31.7 Å². The fourth-order valence-electron chi connectivity index (χ4n) is 3.05. The second kappa shape index (κ2) is 15.3. The molecule has 0 bridgehead atoms. The number of carbonyl (C=O) groups is 3. The van der Waals surface area contributed by atoms with Gasteiger partial charge in [-0.15, -0.1) is 0 Å². The molecule has 39 heavy (non-hydrogen) atoms. The summed E-state index contributed by atoms with van der Waals surface area (Å²) in [7, 11) is 0. The summed E-state index contributed by atoms with van der Waals surface area (Å²) in [6.45, 7) is 5.91. The number of nitrogens with zero attached hydrogens (tertiary/aromatic N) is 1. The average molecular weight is 553 g/mol. The maximum absolute atomic E-state index is 13.1. The first-order chi connectivity index (χ1) is 18.5. The number of rotatable bonds is 13. The largest absolute Gasteiger partial charge is 0.490 e. The van der Waals surface area contributed by atoms with Gasteiger partial charge in [0, 0.05) is 13.2 Å². The van der Waals surface area contributed by atoms with Crippen molar-refractivity contribution >= 4 is 29.6 Å². The van der Waals surface area contributed by atoms with Gasteiger partial charge in [-0.2, -0.15) is 18.3 Å². The average Bonchev–Trinajstić information content (AvgIpc) is 2.87. The van der Waals surface area contributed by atoms with Gasteiger partial charge in [-0.1, -0.05) is 12.1 Å². The van der Waals surface area contributed by atoms with Crippen molar-refractivity contribution in [3.05, 3.63) is 53.6 Å². The van der Waals surface area contributed by atoms with E-state index in [4.69, 9.17) is 14.2 Å². The Balaban J connectivity index is 1.91. The van der Waals surface area contributed by atoms with E-state index in [0.717, 1.165) is 12.1 Å². The summed E-state index contributed by atoms with van der Waals surface area (Å²) in [5.74, 6) is -2.19. The first-order valence-corrected chi connectivity index (χ1v) is 12.1. The molecule has 2 aromatic carbocycles. The minimum absolute atomic E-state index is 0.0801. The van der Waals surface area contributed by atoms with Gasteiger partial charge >= 0.3 is 18.0 Å². The third-order valence-corrected chi connectivity index (χ3v) is 4.78. The predicted molar refractivity (Wildman–Crippen MR) is 138 cm³/mol. The Morgan fingerprint density at radius 1 is 1.03 bits per heavy atom.